The highest BCUT2D eigenvalue weighted by Crippen LogP contribution is 2.47. The third-order valence-corrected chi connectivity index (χ3v) is 4.29. The highest BCUT2D eigenvalue weighted by Gasteiger charge is 2.65. The molecule has 2 atom stereocenters. The average molecular weight is 306 g/mol. The van der Waals surface area contributed by atoms with E-state index in [4.69, 9.17) is 4.74 Å². The summed E-state index contributed by atoms with van der Waals surface area (Å²) in [6.45, 7) is 5.85. The van der Waals surface area contributed by atoms with Gasteiger partial charge in [0.25, 0.3) is 5.91 Å². The fraction of sp³-hybridized carbons (Fsp3) is 0.500. The van der Waals surface area contributed by atoms with E-state index in [-0.39, 0.29) is 17.9 Å². The van der Waals surface area contributed by atoms with Crippen molar-refractivity contribution in [1.82, 2.24) is 9.80 Å². The van der Waals surface area contributed by atoms with Crippen LogP contribution in [0.5, 0.6) is 0 Å². The topological polar surface area (TPSA) is 49.9 Å². The van der Waals surface area contributed by atoms with Gasteiger partial charge in [-0.1, -0.05) is 32.9 Å². The van der Waals surface area contributed by atoms with Gasteiger partial charge in [0.05, 0.1) is 6.61 Å². The van der Waals surface area contributed by atoms with Crippen molar-refractivity contribution < 1.29 is 18.7 Å². The van der Waals surface area contributed by atoms with Crippen LogP contribution >= 0.6 is 0 Å². The fourth-order valence-electron chi connectivity index (χ4n) is 3.23. The Hall–Kier alpha value is -1.95. The van der Waals surface area contributed by atoms with Crippen molar-refractivity contribution in [3.63, 3.8) is 0 Å². The molecule has 0 bridgehead atoms. The van der Waals surface area contributed by atoms with E-state index in [1.165, 1.54) is 30.1 Å². The van der Waals surface area contributed by atoms with E-state index in [1.54, 1.807) is 6.07 Å². The summed E-state index contributed by atoms with van der Waals surface area (Å²) in [6.07, 6.45) is -0.544. The van der Waals surface area contributed by atoms with Gasteiger partial charge >= 0.3 is 6.03 Å². The summed E-state index contributed by atoms with van der Waals surface area (Å²) in [4.78, 5) is 27.9. The van der Waals surface area contributed by atoms with E-state index in [9.17, 15) is 14.0 Å². The third-order valence-electron chi connectivity index (χ3n) is 4.29. The number of carbonyl (C=O) groups excluding carboxylic acids is 2. The number of hydrogen-bond acceptors (Lipinski definition) is 3. The number of benzene rings is 1. The smallest absolute Gasteiger partial charge is 0.329 e. The molecule has 2 heterocycles. The van der Waals surface area contributed by atoms with Crippen LogP contribution in [0.2, 0.25) is 0 Å². The first kappa shape index (κ1) is 15.0. The van der Waals surface area contributed by atoms with Gasteiger partial charge in [-0.2, -0.15) is 0 Å². The third kappa shape index (κ3) is 1.80. The summed E-state index contributed by atoms with van der Waals surface area (Å²) >= 11 is 0. The summed E-state index contributed by atoms with van der Waals surface area (Å²) in [5.41, 5.74) is -1.19. The molecule has 2 fully saturated rings. The molecule has 5 nitrogen and oxygen atoms in total. The molecular formula is C16H19FN2O3. The van der Waals surface area contributed by atoms with Gasteiger partial charge in [-0.05, 0) is 17.7 Å². The zero-order chi connectivity index (χ0) is 16.3. The number of urea groups is 1. The van der Waals surface area contributed by atoms with E-state index in [1.807, 2.05) is 20.8 Å². The van der Waals surface area contributed by atoms with E-state index in [0.29, 0.717) is 5.56 Å². The molecule has 0 saturated carbocycles. The maximum atomic E-state index is 13.7. The lowest BCUT2D eigenvalue weighted by molar-refractivity contribution is -0.132. The van der Waals surface area contributed by atoms with E-state index >= 15 is 0 Å². The van der Waals surface area contributed by atoms with Crippen LogP contribution in [-0.4, -0.2) is 41.6 Å². The Morgan fingerprint density at radius 3 is 2.59 bits per heavy atom. The van der Waals surface area contributed by atoms with Crippen LogP contribution in [0.4, 0.5) is 9.18 Å². The highest BCUT2D eigenvalue weighted by molar-refractivity contribution is 6.07. The highest BCUT2D eigenvalue weighted by atomic mass is 19.1. The maximum absolute atomic E-state index is 13.7. The number of amides is 3. The molecule has 0 spiro atoms. The summed E-state index contributed by atoms with van der Waals surface area (Å²) in [6, 6.07) is 5.40. The van der Waals surface area contributed by atoms with Crippen molar-refractivity contribution >= 4 is 11.9 Å². The van der Waals surface area contributed by atoms with Crippen molar-refractivity contribution in [1.29, 1.82) is 0 Å². The van der Waals surface area contributed by atoms with Crippen molar-refractivity contribution in [2.24, 2.45) is 5.41 Å². The van der Waals surface area contributed by atoms with Crippen molar-refractivity contribution in [2.45, 2.75) is 32.5 Å². The minimum absolute atomic E-state index is 0.0350. The molecule has 1 aromatic carbocycles. The molecule has 0 aliphatic carbocycles. The molecular weight excluding hydrogens is 287 g/mol. The van der Waals surface area contributed by atoms with Gasteiger partial charge in [-0.3, -0.25) is 14.6 Å². The molecule has 1 aromatic rings. The van der Waals surface area contributed by atoms with Crippen molar-refractivity contribution in [3.8, 4) is 0 Å². The molecule has 22 heavy (non-hydrogen) atoms. The molecule has 2 aliphatic rings. The molecule has 2 saturated heterocycles. The van der Waals surface area contributed by atoms with Crippen LogP contribution in [0.3, 0.4) is 0 Å². The van der Waals surface area contributed by atoms with Gasteiger partial charge in [-0.15, -0.1) is 0 Å². The molecule has 2 unspecified atom stereocenters. The first-order valence-corrected chi connectivity index (χ1v) is 7.19. The predicted molar refractivity (Wildman–Crippen MR) is 77.3 cm³/mol. The van der Waals surface area contributed by atoms with Gasteiger partial charge in [0.1, 0.15) is 12.0 Å². The zero-order valence-corrected chi connectivity index (χ0v) is 13.1. The van der Waals surface area contributed by atoms with Crippen LogP contribution < -0.4 is 0 Å². The largest absolute Gasteiger partial charge is 0.354 e. The Labute approximate surface area is 128 Å². The Kier molecular flexibility index (Phi) is 3.08. The summed E-state index contributed by atoms with van der Waals surface area (Å²) in [5.74, 6) is -0.823. The molecule has 6 heteroatoms. The zero-order valence-electron chi connectivity index (χ0n) is 13.1. The second kappa shape index (κ2) is 4.52. The number of likely N-dealkylation sites (N-methyl/N-ethyl adjacent to an activating group) is 1. The van der Waals surface area contributed by atoms with Gasteiger partial charge in [-0.25, -0.2) is 9.18 Å². The molecule has 0 N–H and O–H groups in total. The first-order chi connectivity index (χ1) is 10.2. The van der Waals surface area contributed by atoms with Gasteiger partial charge < -0.3 is 4.74 Å². The Bertz CT molecular complexity index is 655. The summed E-state index contributed by atoms with van der Waals surface area (Å²) in [5, 5.41) is 0. The normalized spacial score (nSPS) is 28.5. The quantitative estimate of drug-likeness (QED) is 0.748. The maximum Gasteiger partial charge on any atom is 0.329 e. The minimum atomic E-state index is -1.27. The van der Waals surface area contributed by atoms with Gasteiger partial charge in [0, 0.05) is 12.5 Å². The van der Waals surface area contributed by atoms with Gasteiger partial charge in [0.15, 0.2) is 5.54 Å². The van der Waals surface area contributed by atoms with Crippen molar-refractivity contribution in [2.75, 3.05) is 13.7 Å². The summed E-state index contributed by atoms with van der Waals surface area (Å²) in [7, 11) is 1.45. The molecule has 3 rings (SSSR count). The molecule has 118 valence electrons. The second-order valence-electron chi connectivity index (χ2n) is 6.92. The van der Waals surface area contributed by atoms with Crippen LogP contribution in [0.1, 0.15) is 26.3 Å². The number of fused-ring (bicyclic) bond motifs is 1. The Morgan fingerprint density at radius 2 is 2.00 bits per heavy atom. The standard InChI is InChI=1S/C16H19FN2O3/c1-15(2,3)13-19-14(21)18(4)12(20)16(19,9-22-13)10-6-5-7-11(17)8-10/h5-8,13H,9H2,1-4H3. The lowest BCUT2D eigenvalue weighted by Crippen LogP contribution is -2.50. The van der Waals surface area contributed by atoms with Crippen LogP contribution in [0.15, 0.2) is 24.3 Å². The Morgan fingerprint density at radius 1 is 1.32 bits per heavy atom. The minimum Gasteiger partial charge on any atom is -0.354 e. The number of imide groups is 1. The number of nitrogens with zero attached hydrogens (tertiary/aromatic N) is 2. The number of rotatable bonds is 1. The first-order valence-electron chi connectivity index (χ1n) is 7.19. The van der Waals surface area contributed by atoms with Gasteiger partial charge in [0.2, 0.25) is 0 Å². The second-order valence-corrected chi connectivity index (χ2v) is 6.92. The number of carbonyl (C=O) groups is 2. The molecule has 0 aromatic heterocycles. The van der Waals surface area contributed by atoms with E-state index in [0.717, 1.165) is 4.90 Å². The number of ether oxygens (including phenoxy) is 1. The van der Waals surface area contributed by atoms with Crippen molar-refractivity contribution in [3.05, 3.63) is 35.6 Å². The monoisotopic (exact) mass is 306 g/mol. The fourth-order valence-corrected chi connectivity index (χ4v) is 3.23. The van der Waals surface area contributed by atoms with Crippen LogP contribution in [0, 0.1) is 11.2 Å². The molecule has 3 amide bonds. The SMILES string of the molecule is CN1C(=O)N2C(C(C)(C)C)OCC2(c2cccc(F)c2)C1=O. The lowest BCUT2D eigenvalue weighted by Gasteiger charge is -2.35. The lowest BCUT2D eigenvalue weighted by atomic mass is 9.87. The Balaban J connectivity index is 2.19. The number of halogens is 1. The predicted octanol–water partition coefficient (Wildman–Crippen LogP) is 2.32. The average Bonchev–Trinajstić information content (AvgIpc) is 2.92. The van der Waals surface area contributed by atoms with Crippen LogP contribution in [-0.2, 0) is 15.1 Å². The van der Waals surface area contributed by atoms with Crippen LogP contribution in [0.25, 0.3) is 0 Å². The van der Waals surface area contributed by atoms with E-state index < -0.39 is 23.6 Å². The number of hydrogen-bond donors (Lipinski definition) is 0. The molecule has 0 radical (unpaired) electrons. The summed E-state index contributed by atoms with van der Waals surface area (Å²) < 4.78 is 19.5. The molecule has 2 aliphatic heterocycles. The van der Waals surface area contributed by atoms with E-state index in [2.05, 4.69) is 0 Å².